The quantitative estimate of drug-likeness (QED) is 0.0201. The molecule has 15 nitrogen and oxygen atoms in total. The molecule has 0 aliphatic rings. The van der Waals surface area contributed by atoms with Crippen LogP contribution < -0.4 is 21.2 Å². The van der Waals surface area contributed by atoms with Gasteiger partial charge in [0.05, 0.1) is 69.1 Å². The van der Waals surface area contributed by atoms with E-state index in [2.05, 4.69) is 37.5 Å². The third-order valence-corrected chi connectivity index (χ3v) is 8.94. The highest BCUT2D eigenvalue weighted by molar-refractivity contribution is 7.13. The summed E-state index contributed by atoms with van der Waals surface area (Å²) in [5.74, 6) is -0.874. The van der Waals surface area contributed by atoms with Gasteiger partial charge >= 0.3 is 0 Å². The van der Waals surface area contributed by atoms with Gasteiger partial charge in [0, 0.05) is 38.6 Å². The minimum absolute atomic E-state index is 0.104. The lowest BCUT2D eigenvalue weighted by atomic mass is 10.0. The molecule has 55 heavy (non-hydrogen) atoms. The van der Waals surface area contributed by atoms with E-state index < -0.39 is 23.5 Å². The third-order valence-electron chi connectivity index (χ3n) is 8.77. The maximum Gasteiger partial charge on any atom is 0.247 e. The summed E-state index contributed by atoms with van der Waals surface area (Å²) in [7, 11) is 2.27. The summed E-state index contributed by atoms with van der Waals surface area (Å²) in [6, 6.07) is -0.805. The first-order chi connectivity index (χ1) is 26.1. The van der Waals surface area contributed by atoms with E-state index in [4.69, 9.17) is 28.5 Å². The van der Waals surface area contributed by atoms with Gasteiger partial charge in [-0.05, 0) is 95.9 Å². The van der Waals surface area contributed by atoms with E-state index in [9.17, 15) is 24.3 Å². The molecule has 0 bridgehead atoms. The normalized spacial score (nSPS) is 13.9. The van der Waals surface area contributed by atoms with Crippen LogP contribution in [0.2, 0.25) is 0 Å². The van der Waals surface area contributed by atoms with Crippen LogP contribution in [0.1, 0.15) is 120 Å². The van der Waals surface area contributed by atoms with Crippen LogP contribution in [-0.4, -0.2) is 118 Å². The van der Waals surface area contributed by atoms with Crippen LogP contribution in [0.5, 0.6) is 0 Å². The predicted molar refractivity (Wildman–Crippen MR) is 216 cm³/mol. The molecule has 0 rings (SSSR count). The van der Waals surface area contributed by atoms with Crippen LogP contribution in [0.4, 0.5) is 0 Å². The zero-order valence-corrected chi connectivity index (χ0v) is 36.2. The topological polar surface area (TPSA) is 192 Å². The number of ether oxygens (including phenoxy) is 5. The molecule has 0 aliphatic heterocycles. The van der Waals surface area contributed by atoms with Crippen LogP contribution >= 0.6 is 9.39 Å². The Bertz CT molecular complexity index is 1090. The van der Waals surface area contributed by atoms with E-state index in [0.717, 1.165) is 12.8 Å². The number of unbranched alkanes of at least 4 members (excludes halogenated alkanes) is 1. The van der Waals surface area contributed by atoms with Crippen molar-refractivity contribution in [3.63, 3.8) is 0 Å². The van der Waals surface area contributed by atoms with Gasteiger partial charge < -0.3 is 44.7 Å². The number of aliphatic hydroxyl groups excluding tert-OH is 1. The highest BCUT2D eigenvalue weighted by Crippen LogP contribution is 2.20. The largest absolute Gasteiger partial charge is 0.495 e. The molecule has 0 aromatic heterocycles. The number of carbonyl (C=O) groups excluding carboxylic acids is 4. The van der Waals surface area contributed by atoms with E-state index >= 15 is 0 Å². The molecule has 3 amide bonds. The van der Waals surface area contributed by atoms with Crippen molar-refractivity contribution in [2.45, 2.75) is 143 Å². The number of ketones is 1. The molecule has 0 fully saturated rings. The maximum atomic E-state index is 13.2. The van der Waals surface area contributed by atoms with Gasteiger partial charge in [0.1, 0.15) is 17.9 Å². The molecule has 0 saturated heterocycles. The van der Waals surface area contributed by atoms with Gasteiger partial charge in [-0.15, -0.1) is 0 Å². The third kappa shape index (κ3) is 29.6. The molecule has 4 atom stereocenters. The standard InChI is InChI=1S/C39H75N4O11P/c1-9-13-33(16-22-53-43-55)54-31(4)28-35(46)42-34(14-11-12-19-40-36(47)32(10-2)29-44)37(48)41-20-25-50-23-17-38(5,6)51-24-18-39(7,8)52-27-26-49-21-15-30(3)45/h28,32-34,43-44H,9-27,29,55H2,1-8H3,(H,40,47)(H,41,48)(H,42,46)/b31-28-. The fourth-order valence-electron chi connectivity index (χ4n) is 5.23. The summed E-state index contributed by atoms with van der Waals surface area (Å²) in [5.41, 5.74) is -0.812. The molecular weight excluding hydrogens is 731 g/mol. The molecule has 322 valence electrons. The number of rotatable bonds is 36. The van der Waals surface area contributed by atoms with Gasteiger partial charge in [0.25, 0.3) is 0 Å². The first kappa shape index (κ1) is 52.8. The number of hydrogen-bond donors (Lipinski definition) is 5. The van der Waals surface area contributed by atoms with E-state index in [1.807, 2.05) is 34.6 Å². The number of aliphatic hydroxyl groups is 1. The minimum atomic E-state index is -0.805. The van der Waals surface area contributed by atoms with Gasteiger partial charge in [-0.1, -0.05) is 20.3 Å². The Kier molecular flexibility index (Phi) is 30.5. The van der Waals surface area contributed by atoms with E-state index in [0.29, 0.717) is 103 Å². The van der Waals surface area contributed by atoms with Crippen LogP contribution in [0.25, 0.3) is 0 Å². The van der Waals surface area contributed by atoms with Crippen LogP contribution in [0.3, 0.4) is 0 Å². The number of amides is 3. The predicted octanol–water partition coefficient (Wildman–Crippen LogP) is 4.07. The van der Waals surface area contributed by atoms with Gasteiger partial charge in [-0.25, -0.2) is 0 Å². The molecule has 16 heteroatoms. The van der Waals surface area contributed by atoms with Crippen molar-refractivity contribution in [3.05, 3.63) is 11.8 Å². The van der Waals surface area contributed by atoms with Crippen molar-refractivity contribution in [2.75, 3.05) is 65.9 Å². The van der Waals surface area contributed by atoms with Gasteiger partial charge in [0.15, 0.2) is 0 Å². The number of hydrogen-bond acceptors (Lipinski definition) is 12. The Morgan fingerprint density at radius 3 is 2.05 bits per heavy atom. The van der Waals surface area contributed by atoms with E-state index in [-0.39, 0.29) is 49.1 Å². The Labute approximate surface area is 333 Å². The average molecular weight is 807 g/mol. The molecule has 0 aromatic rings. The second-order valence-electron chi connectivity index (χ2n) is 14.9. The molecule has 5 N–H and O–H groups in total. The molecule has 0 radical (unpaired) electrons. The van der Waals surface area contributed by atoms with Crippen molar-refractivity contribution in [1.29, 1.82) is 0 Å². The summed E-state index contributed by atoms with van der Waals surface area (Å²) in [5, 5.41) is 20.4. The molecule has 4 unspecified atom stereocenters. The minimum Gasteiger partial charge on any atom is -0.495 e. The Balaban J connectivity index is 4.90. The van der Waals surface area contributed by atoms with Crippen LogP contribution in [0, 0.1) is 5.92 Å². The number of nitrogens with one attached hydrogen (secondary N) is 4. The van der Waals surface area contributed by atoms with Crippen LogP contribution in [0.15, 0.2) is 11.8 Å². The highest BCUT2D eigenvalue weighted by Gasteiger charge is 2.24. The maximum absolute atomic E-state index is 13.2. The molecular formula is C39H75N4O11P. The second kappa shape index (κ2) is 31.8. The Hall–Kier alpha value is -2.23. The monoisotopic (exact) mass is 807 g/mol. The average Bonchev–Trinajstić information content (AvgIpc) is 3.10. The Morgan fingerprint density at radius 1 is 0.764 bits per heavy atom. The molecule has 0 aliphatic carbocycles. The summed E-state index contributed by atoms with van der Waals surface area (Å²) in [6.45, 7) is 18.6. The van der Waals surface area contributed by atoms with Crippen molar-refractivity contribution < 1.29 is 52.8 Å². The number of Topliss-reactive ketones (excluding diaryl/α,β-unsaturated/α-hetero) is 1. The number of allylic oxidation sites excluding steroid dienone is 1. The van der Waals surface area contributed by atoms with E-state index in [1.165, 1.54) is 6.08 Å². The molecule has 0 aromatic carbocycles. The zero-order valence-electron chi connectivity index (χ0n) is 35.1. The molecule has 0 spiro atoms. The fourth-order valence-corrected chi connectivity index (χ4v) is 5.34. The van der Waals surface area contributed by atoms with Gasteiger partial charge in [-0.3, -0.25) is 24.0 Å². The summed E-state index contributed by atoms with van der Waals surface area (Å²) >= 11 is 0. The van der Waals surface area contributed by atoms with Crippen molar-refractivity contribution in [2.24, 2.45) is 5.92 Å². The Morgan fingerprint density at radius 2 is 1.42 bits per heavy atom. The van der Waals surface area contributed by atoms with Crippen molar-refractivity contribution in [1.82, 2.24) is 21.2 Å². The van der Waals surface area contributed by atoms with E-state index in [1.54, 1.807) is 13.8 Å². The zero-order chi connectivity index (χ0) is 41.5. The molecule has 0 saturated carbocycles. The number of carbonyl (C=O) groups is 4. The van der Waals surface area contributed by atoms with Crippen molar-refractivity contribution >= 4 is 32.9 Å². The smallest absolute Gasteiger partial charge is 0.247 e. The van der Waals surface area contributed by atoms with Crippen LogP contribution in [-0.2, 0) is 47.7 Å². The summed E-state index contributed by atoms with van der Waals surface area (Å²) in [6.07, 6.45) is 7.41. The summed E-state index contributed by atoms with van der Waals surface area (Å²) in [4.78, 5) is 54.6. The second-order valence-corrected chi connectivity index (χ2v) is 15.1. The summed E-state index contributed by atoms with van der Waals surface area (Å²) < 4.78 is 29.3. The fraction of sp³-hybridized carbons (Fsp3) is 0.846. The molecule has 0 heterocycles. The van der Waals surface area contributed by atoms with Gasteiger partial charge in [0.2, 0.25) is 17.7 Å². The first-order valence-electron chi connectivity index (χ1n) is 19.9. The van der Waals surface area contributed by atoms with Gasteiger partial charge in [-0.2, -0.15) is 5.25 Å². The highest BCUT2D eigenvalue weighted by atomic mass is 31.0. The SMILES string of the molecule is CCCC(CCONP)O/C(C)=C\C(=O)NC(CCCCNC(=O)C(CC)CO)C(=O)NCCOCCC(C)(C)OCCC(C)(C)OCCOCCC(C)=O. The van der Waals surface area contributed by atoms with Crippen molar-refractivity contribution in [3.8, 4) is 0 Å². The lowest BCUT2D eigenvalue weighted by molar-refractivity contribution is -0.127. The lowest BCUT2D eigenvalue weighted by Gasteiger charge is -2.29. The first-order valence-corrected chi connectivity index (χ1v) is 20.5. The lowest BCUT2D eigenvalue weighted by Crippen LogP contribution is -2.47.